The van der Waals surface area contributed by atoms with E-state index in [1.807, 2.05) is 12.1 Å². The van der Waals surface area contributed by atoms with Gasteiger partial charge < -0.3 is 0 Å². The van der Waals surface area contributed by atoms with Crippen LogP contribution in [-0.2, 0) is 0 Å². The summed E-state index contributed by atoms with van der Waals surface area (Å²) in [7, 11) is 0. The lowest BCUT2D eigenvalue weighted by molar-refractivity contribution is 0.818. The van der Waals surface area contributed by atoms with Crippen LogP contribution >= 0.6 is 27.5 Å². The molecule has 0 aliphatic rings. The van der Waals surface area contributed by atoms with Crippen LogP contribution in [0.25, 0.3) is 0 Å². The lowest BCUT2D eigenvalue weighted by Crippen LogP contribution is -2.03. The Labute approximate surface area is 141 Å². The van der Waals surface area contributed by atoms with Gasteiger partial charge in [-0.3, -0.25) is 0 Å². The fourth-order valence-corrected chi connectivity index (χ4v) is 3.28. The van der Waals surface area contributed by atoms with Crippen molar-refractivity contribution in [1.29, 1.82) is 0 Å². The molecular weight excluding hydrogens is 344 g/mol. The number of benzene rings is 2. The van der Waals surface area contributed by atoms with Crippen molar-refractivity contribution >= 4 is 27.5 Å². The largest absolute Gasteiger partial charge is 0.113 e. The number of hydrogen-bond acceptors (Lipinski definition) is 0. The molecule has 0 heterocycles. The maximum absolute atomic E-state index is 6.76. The SMILES string of the molecule is CC(C)c1ccc(C(Cl)c2cccc(Br)c2)c(C(C)C)c1. The van der Waals surface area contributed by atoms with E-state index < -0.39 is 0 Å². The van der Waals surface area contributed by atoms with Crippen molar-refractivity contribution in [2.24, 2.45) is 0 Å². The zero-order chi connectivity index (χ0) is 15.6. The predicted molar refractivity (Wildman–Crippen MR) is 96.5 cm³/mol. The minimum Gasteiger partial charge on any atom is -0.113 e. The van der Waals surface area contributed by atoms with Crippen molar-refractivity contribution in [3.63, 3.8) is 0 Å². The Hall–Kier alpha value is -0.790. The molecule has 1 unspecified atom stereocenters. The van der Waals surface area contributed by atoms with E-state index in [9.17, 15) is 0 Å². The third kappa shape index (κ3) is 3.90. The molecule has 1 atom stereocenters. The maximum Gasteiger partial charge on any atom is 0.0838 e. The number of halogens is 2. The number of alkyl halides is 1. The van der Waals surface area contributed by atoms with Gasteiger partial charge in [0.05, 0.1) is 5.38 Å². The van der Waals surface area contributed by atoms with Crippen molar-refractivity contribution in [3.8, 4) is 0 Å². The second-order valence-electron chi connectivity index (χ2n) is 6.12. The fourth-order valence-electron chi connectivity index (χ4n) is 2.53. The zero-order valence-electron chi connectivity index (χ0n) is 13.0. The minimum atomic E-state index is -0.110. The van der Waals surface area contributed by atoms with Crippen LogP contribution in [0.1, 0.15) is 67.2 Å². The maximum atomic E-state index is 6.76. The Morgan fingerprint density at radius 2 is 1.52 bits per heavy atom. The van der Waals surface area contributed by atoms with E-state index in [0.29, 0.717) is 11.8 Å². The van der Waals surface area contributed by atoms with E-state index in [4.69, 9.17) is 11.6 Å². The molecule has 2 aromatic rings. The standard InChI is InChI=1S/C19H22BrCl/c1-12(2)14-8-9-17(18(11-14)13(3)4)19(21)15-6-5-7-16(20)10-15/h5-13,19H,1-4H3. The van der Waals surface area contributed by atoms with E-state index >= 15 is 0 Å². The molecule has 0 nitrogen and oxygen atoms in total. The fraction of sp³-hybridized carbons (Fsp3) is 0.368. The third-order valence-corrected chi connectivity index (χ3v) is 4.79. The molecule has 0 bridgehead atoms. The van der Waals surface area contributed by atoms with Crippen LogP contribution in [0.3, 0.4) is 0 Å². The molecule has 21 heavy (non-hydrogen) atoms. The van der Waals surface area contributed by atoms with Gasteiger partial charge in [0, 0.05) is 4.47 Å². The van der Waals surface area contributed by atoms with Crippen molar-refractivity contribution in [2.45, 2.75) is 44.9 Å². The highest BCUT2D eigenvalue weighted by atomic mass is 79.9. The van der Waals surface area contributed by atoms with Gasteiger partial charge in [0.15, 0.2) is 0 Å². The second kappa shape index (κ2) is 6.98. The molecule has 0 N–H and O–H groups in total. The van der Waals surface area contributed by atoms with Crippen LogP contribution < -0.4 is 0 Å². The lowest BCUT2D eigenvalue weighted by atomic mass is 9.89. The summed E-state index contributed by atoms with van der Waals surface area (Å²) in [5.74, 6) is 1.00. The van der Waals surface area contributed by atoms with Crippen LogP contribution in [0.15, 0.2) is 46.9 Å². The summed E-state index contributed by atoms with van der Waals surface area (Å²) in [5, 5.41) is -0.110. The van der Waals surface area contributed by atoms with Gasteiger partial charge in [-0.15, -0.1) is 11.6 Å². The first-order valence-electron chi connectivity index (χ1n) is 7.43. The quantitative estimate of drug-likeness (QED) is 0.510. The van der Waals surface area contributed by atoms with Crippen molar-refractivity contribution < 1.29 is 0 Å². The van der Waals surface area contributed by atoms with Crippen molar-refractivity contribution in [3.05, 3.63) is 69.2 Å². The molecular formula is C19H22BrCl. The van der Waals surface area contributed by atoms with E-state index in [-0.39, 0.29) is 5.38 Å². The summed E-state index contributed by atoms with van der Waals surface area (Å²) in [6.07, 6.45) is 0. The summed E-state index contributed by atoms with van der Waals surface area (Å²) in [6, 6.07) is 15.0. The van der Waals surface area contributed by atoms with Gasteiger partial charge in [-0.25, -0.2) is 0 Å². The van der Waals surface area contributed by atoms with Gasteiger partial charge in [0.1, 0.15) is 0 Å². The summed E-state index contributed by atoms with van der Waals surface area (Å²) in [6.45, 7) is 8.91. The minimum absolute atomic E-state index is 0.110. The molecule has 0 radical (unpaired) electrons. The Balaban J connectivity index is 2.47. The van der Waals surface area contributed by atoms with Crippen LogP contribution in [0.5, 0.6) is 0 Å². The Kier molecular flexibility index (Phi) is 5.51. The van der Waals surface area contributed by atoms with Crippen LogP contribution in [0, 0.1) is 0 Å². The zero-order valence-corrected chi connectivity index (χ0v) is 15.4. The highest BCUT2D eigenvalue weighted by Gasteiger charge is 2.18. The average molecular weight is 366 g/mol. The van der Waals surface area contributed by atoms with Gasteiger partial charge in [0.2, 0.25) is 0 Å². The molecule has 0 spiro atoms. The lowest BCUT2D eigenvalue weighted by Gasteiger charge is -2.20. The van der Waals surface area contributed by atoms with Gasteiger partial charge in [-0.05, 0) is 46.2 Å². The summed E-state index contributed by atoms with van der Waals surface area (Å²) in [5.41, 5.74) is 5.07. The summed E-state index contributed by atoms with van der Waals surface area (Å²) < 4.78 is 1.07. The highest BCUT2D eigenvalue weighted by Crippen LogP contribution is 2.36. The van der Waals surface area contributed by atoms with E-state index in [1.165, 1.54) is 16.7 Å². The molecule has 0 aromatic heterocycles. The average Bonchev–Trinajstić information content (AvgIpc) is 2.45. The molecule has 0 saturated carbocycles. The molecule has 112 valence electrons. The van der Waals surface area contributed by atoms with Crippen LogP contribution in [0.2, 0.25) is 0 Å². The Morgan fingerprint density at radius 1 is 0.810 bits per heavy atom. The topological polar surface area (TPSA) is 0 Å². The number of hydrogen-bond donors (Lipinski definition) is 0. The molecule has 2 heteroatoms. The molecule has 2 aromatic carbocycles. The van der Waals surface area contributed by atoms with E-state index in [0.717, 1.165) is 10.0 Å². The first-order valence-corrected chi connectivity index (χ1v) is 8.66. The summed E-state index contributed by atoms with van der Waals surface area (Å²) >= 11 is 10.3. The van der Waals surface area contributed by atoms with Gasteiger partial charge in [0.25, 0.3) is 0 Å². The first-order chi connectivity index (χ1) is 9.90. The van der Waals surface area contributed by atoms with Crippen molar-refractivity contribution in [1.82, 2.24) is 0 Å². The Morgan fingerprint density at radius 3 is 2.10 bits per heavy atom. The van der Waals surface area contributed by atoms with Crippen LogP contribution in [0.4, 0.5) is 0 Å². The highest BCUT2D eigenvalue weighted by molar-refractivity contribution is 9.10. The van der Waals surface area contributed by atoms with Crippen molar-refractivity contribution in [2.75, 3.05) is 0 Å². The van der Waals surface area contributed by atoms with E-state index in [1.54, 1.807) is 0 Å². The number of rotatable bonds is 4. The molecule has 0 amide bonds. The smallest absolute Gasteiger partial charge is 0.0838 e. The third-order valence-electron chi connectivity index (χ3n) is 3.81. The van der Waals surface area contributed by atoms with Gasteiger partial charge >= 0.3 is 0 Å². The predicted octanol–water partition coefficient (Wildman–Crippen LogP) is 7.02. The molecule has 0 saturated heterocycles. The van der Waals surface area contributed by atoms with Gasteiger partial charge in [-0.2, -0.15) is 0 Å². The molecule has 2 rings (SSSR count). The molecule has 0 aliphatic carbocycles. The summed E-state index contributed by atoms with van der Waals surface area (Å²) in [4.78, 5) is 0. The molecule has 0 fully saturated rings. The van der Waals surface area contributed by atoms with Gasteiger partial charge in [-0.1, -0.05) is 74.0 Å². The van der Waals surface area contributed by atoms with E-state index in [2.05, 4.69) is 74.0 Å². The Bertz CT molecular complexity index is 617. The normalized spacial score (nSPS) is 13.0. The van der Waals surface area contributed by atoms with Crippen LogP contribution in [-0.4, -0.2) is 0 Å². The monoisotopic (exact) mass is 364 g/mol. The second-order valence-corrected chi connectivity index (χ2v) is 7.47. The molecule has 0 aliphatic heterocycles. The first kappa shape index (κ1) is 16.6.